The third kappa shape index (κ3) is 6.64. The monoisotopic (exact) mass is 692 g/mol. The number of carbonyl (C=O) groups is 2. The first-order valence-corrected chi connectivity index (χ1v) is 18.7. The lowest BCUT2D eigenvalue weighted by atomic mass is 9.69. The molecule has 3 heterocycles. The summed E-state index contributed by atoms with van der Waals surface area (Å²) in [5.41, 5.74) is 2.68. The summed E-state index contributed by atoms with van der Waals surface area (Å²) in [6.07, 6.45) is 2.95. The van der Waals surface area contributed by atoms with Crippen LogP contribution in [0, 0.1) is 0 Å². The molecule has 49 heavy (non-hydrogen) atoms. The Bertz CT molecular complexity index is 1680. The molecule has 7 rings (SSSR count). The Morgan fingerprint density at radius 1 is 0.878 bits per heavy atom. The van der Waals surface area contributed by atoms with Crippen LogP contribution in [0.5, 0.6) is 0 Å². The lowest BCUT2D eigenvalue weighted by Gasteiger charge is -2.39. The molecule has 2 fully saturated rings. The van der Waals surface area contributed by atoms with Crippen LogP contribution < -0.4 is 10.2 Å². The van der Waals surface area contributed by atoms with E-state index < -0.39 is 34.8 Å². The van der Waals surface area contributed by atoms with Crippen LogP contribution in [0.2, 0.25) is 0 Å². The van der Waals surface area contributed by atoms with Crippen LogP contribution >= 0.6 is 0 Å². The number of alkyl halides is 3. The average molecular weight is 693 g/mol. The van der Waals surface area contributed by atoms with Gasteiger partial charge in [-0.15, -0.1) is 0 Å². The first-order valence-electron chi connectivity index (χ1n) is 17.5. The molecule has 4 aliphatic rings. The smallest absolute Gasteiger partial charge is 0.369 e. The number of amides is 2. The minimum absolute atomic E-state index is 0.168. The number of piperazine rings is 1. The standard InChI is InChI=1S/C38H43F3N4O3S/c39-38(40,41)26-42-36(47)37(31-12-4-6-14-33(31)49(48)34-15-7-5-13-32(34)37)18-8-9-19-43-20-22-44(23-21-43)29-17-16-27-25-45(35(46)30(27)24-29)28-10-2-1-3-11-28/h4-7,12-17,24,28H,1-3,8-11,18-23,25-26H2,(H,42,47). The van der Waals surface area contributed by atoms with Gasteiger partial charge in [-0.25, -0.2) is 4.21 Å². The fraction of sp³-hybridized carbons (Fsp3) is 0.474. The van der Waals surface area contributed by atoms with Crippen molar-refractivity contribution in [3.05, 3.63) is 89.0 Å². The third-order valence-electron chi connectivity index (χ3n) is 10.9. The maximum atomic E-state index is 13.9. The highest BCUT2D eigenvalue weighted by Crippen LogP contribution is 2.47. The summed E-state index contributed by atoms with van der Waals surface area (Å²) in [5.74, 6) is -0.550. The zero-order valence-corrected chi connectivity index (χ0v) is 28.5. The van der Waals surface area contributed by atoms with Gasteiger partial charge < -0.3 is 15.1 Å². The van der Waals surface area contributed by atoms with Crippen LogP contribution in [0.15, 0.2) is 76.5 Å². The number of carbonyl (C=O) groups excluding carboxylic acids is 2. The number of unbranched alkanes of at least 4 members (excludes halogenated alkanes) is 1. The molecule has 0 unspecified atom stereocenters. The maximum Gasteiger partial charge on any atom is 0.405 e. The highest BCUT2D eigenvalue weighted by molar-refractivity contribution is 7.85. The van der Waals surface area contributed by atoms with Gasteiger partial charge in [-0.3, -0.25) is 14.5 Å². The Labute approximate surface area is 288 Å². The minimum Gasteiger partial charge on any atom is -0.369 e. The van der Waals surface area contributed by atoms with E-state index in [-0.39, 0.29) is 5.91 Å². The first kappa shape index (κ1) is 33.8. The number of anilines is 1. The van der Waals surface area contributed by atoms with Crippen molar-refractivity contribution in [1.29, 1.82) is 0 Å². The number of hydrogen-bond acceptors (Lipinski definition) is 5. The molecule has 11 heteroatoms. The second-order valence-corrected chi connectivity index (χ2v) is 15.2. The molecule has 0 atom stereocenters. The first-order chi connectivity index (χ1) is 23.7. The van der Waals surface area contributed by atoms with E-state index >= 15 is 0 Å². The lowest BCUT2D eigenvalue weighted by Crippen LogP contribution is -2.50. The van der Waals surface area contributed by atoms with Crippen LogP contribution in [0.25, 0.3) is 0 Å². The molecule has 0 radical (unpaired) electrons. The second-order valence-electron chi connectivity index (χ2n) is 13.8. The highest BCUT2D eigenvalue weighted by Gasteiger charge is 2.49. The van der Waals surface area contributed by atoms with Crippen LogP contribution in [0.1, 0.15) is 78.4 Å². The third-order valence-corrected chi connectivity index (χ3v) is 12.4. The van der Waals surface area contributed by atoms with Gasteiger partial charge in [0.1, 0.15) is 12.0 Å². The molecule has 7 nitrogen and oxygen atoms in total. The Morgan fingerprint density at radius 3 is 2.18 bits per heavy atom. The number of benzene rings is 3. The molecule has 1 saturated carbocycles. The molecule has 260 valence electrons. The van der Waals surface area contributed by atoms with Crippen molar-refractivity contribution < 1.29 is 27.0 Å². The van der Waals surface area contributed by atoms with Crippen molar-refractivity contribution in [1.82, 2.24) is 15.1 Å². The predicted molar refractivity (Wildman–Crippen MR) is 183 cm³/mol. The van der Waals surface area contributed by atoms with Crippen molar-refractivity contribution in [2.24, 2.45) is 0 Å². The zero-order chi connectivity index (χ0) is 34.2. The van der Waals surface area contributed by atoms with E-state index in [1.165, 1.54) is 19.3 Å². The summed E-state index contributed by atoms with van der Waals surface area (Å²) in [6.45, 7) is 3.44. The van der Waals surface area contributed by atoms with Crippen molar-refractivity contribution in [2.45, 2.75) is 85.3 Å². The van der Waals surface area contributed by atoms with E-state index in [1.54, 1.807) is 48.5 Å². The van der Waals surface area contributed by atoms with E-state index in [0.29, 0.717) is 46.3 Å². The van der Waals surface area contributed by atoms with Gasteiger partial charge in [0.15, 0.2) is 0 Å². The molecular formula is C38H43F3N4O3S. The molecule has 1 N–H and O–H groups in total. The van der Waals surface area contributed by atoms with Crippen molar-refractivity contribution in [3.8, 4) is 0 Å². The Hall–Kier alpha value is -3.70. The summed E-state index contributed by atoms with van der Waals surface area (Å²) >= 11 is 0. The molecular weight excluding hydrogens is 650 g/mol. The molecule has 0 bridgehead atoms. The largest absolute Gasteiger partial charge is 0.405 e. The normalized spacial score (nSPS) is 22.8. The fourth-order valence-corrected chi connectivity index (χ4v) is 9.86. The number of hydrogen-bond donors (Lipinski definition) is 1. The molecule has 0 spiro atoms. The lowest BCUT2D eigenvalue weighted by molar-refractivity contribution is -0.141. The topological polar surface area (TPSA) is 73.0 Å². The van der Waals surface area contributed by atoms with Crippen LogP contribution in [-0.2, 0) is 27.6 Å². The van der Waals surface area contributed by atoms with Gasteiger partial charge in [0.25, 0.3) is 5.91 Å². The summed E-state index contributed by atoms with van der Waals surface area (Å²) in [5, 5.41) is 2.18. The van der Waals surface area contributed by atoms with Crippen LogP contribution in [-0.4, -0.2) is 77.3 Å². The number of rotatable bonds is 9. The number of nitrogens with one attached hydrogen (secondary N) is 1. The van der Waals surface area contributed by atoms with E-state index in [0.717, 1.165) is 68.8 Å². The van der Waals surface area contributed by atoms with Crippen molar-refractivity contribution >= 4 is 28.3 Å². The number of halogens is 3. The molecule has 0 aromatic heterocycles. The SMILES string of the molecule is O=C1c2cc(N3CCN(CCCCC4(C(=O)NCC(F)(F)F)c5ccccc5S(=O)c5ccccc54)CC3)ccc2CN1C1CCCCC1. The number of nitrogens with zero attached hydrogens (tertiary/aromatic N) is 3. The van der Waals surface area contributed by atoms with Gasteiger partial charge in [0.2, 0.25) is 5.91 Å². The maximum absolute atomic E-state index is 13.9. The summed E-state index contributed by atoms with van der Waals surface area (Å²) in [6, 6.07) is 20.6. The summed E-state index contributed by atoms with van der Waals surface area (Å²) in [4.78, 5) is 35.0. The minimum atomic E-state index is -4.56. The average Bonchev–Trinajstić information content (AvgIpc) is 3.46. The molecule has 1 saturated heterocycles. The van der Waals surface area contributed by atoms with Gasteiger partial charge in [-0.1, -0.05) is 68.1 Å². The molecule has 3 aromatic carbocycles. The summed E-state index contributed by atoms with van der Waals surface area (Å²) in [7, 11) is -1.55. The quantitative estimate of drug-likeness (QED) is 0.263. The van der Waals surface area contributed by atoms with Gasteiger partial charge in [0, 0.05) is 59.8 Å². The molecule has 3 aromatic rings. The van der Waals surface area contributed by atoms with E-state index in [1.807, 2.05) is 0 Å². The zero-order valence-electron chi connectivity index (χ0n) is 27.6. The Morgan fingerprint density at radius 2 is 1.53 bits per heavy atom. The van der Waals surface area contributed by atoms with Crippen molar-refractivity contribution in [3.63, 3.8) is 0 Å². The fourth-order valence-electron chi connectivity index (χ4n) is 8.34. The van der Waals surface area contributed by atoms with Gasteiger partial charge in [0.05, 0.1) is 10.8 Å². The van der Waals surface area contributed by atoms with E-state index in [4.69, 9.17) is 0 Å². The van der Waals surface area contributed by atoms with Gasteiger partial charge >= 0.3 is 6.18 Å². The number of fused-ring (bicyclic) bond motifs is 3. The van der Waals surface area contributed by atoms with Crippen molar-refractivity contribution in [2.75, 3.05) is 44.2 Å². The molecule has 2 amide bonds. The van der Waals surface area contributed by atoms with Gasteiger partial charge in [-0.05, 0) is 73.2 Å². The van der Waals surface area contributed by atoms with Crippen LogP contribution in [0.4, 0.5) is 18.9 Å². The summed E-state index contributed by atoms with van der Waals surface area (Å²) < 4.78 is 53.4. The second kappa shape index (κ2) is 13.9. The van der Waals surface area contributed by atoms with Gasteiger partial charge in [-0.2, -0.15) is 13.2 Å². The molecule has 1 aliphatic carbocycles. The van der Waals surface area contributed by atoms with E-state index in [2.05, 4.69) is 38.2 Å². The van der Waals surface area contributed by atoms with E-state index in [9.17, 15) is 27.0 Å². The van der Waals surface area contributed by atoms with Crippen LogP contribution in [0.3, 0.4) is 0 Å². The predicted octanol–water partition coefficient (Wildman–Crippen LogP) is 6.41. The Kier molecular flexibility index (Phi) is 9.58. The molecule has 3 aliphatic heterocycles. The highest BCUT2D eigenvalue weighted by atomic mass is 32.2. The Balaban J connectivity index is 0.997.